The fourth-order valence-corrected chi connectivity index (χ4v) is 4.97. The molecule has 0 amide bonds. The Morgan fingerprint density at radius 1 is 0.897 bits per heavy atom. The Labute approximate surface area is 225 Å². The van der Waals surface area contributed by atoms with Crippen molar-refractivity contribution in [1.29, 1.82) is 0 Å². The average Bonchev–Trinajstić information content (AvgIpc) is 3.60. The summed E-state index contributed by atoms with van der Waals surface area (Å²) in [4.78, 5) is 18.0. The smallest absolute Gasteiger partial charge is 0.229 e. The van der Waals surface area contributed by atoms with E-state index in [0.717, 1.165) is 40.1 Å². The summed E-state index contributed by atoms with van der Waals surface area (Å²) in [6, 6.07) is 8.62. The molecule has 0 spiro atoms. The summed E-state index contributed by atoms with van der Waals surface area (Å²) in [5.41, 5.74) is 4.29. The van der Waals surface area contributed by atoms with Gasteiger partial charge in [0, 0.05) is 74.0 Å². The van der Waals surface area contributed by atoms with Gasteiger partial charge in [-0.3, -0.25) is 4.68 Å². The van der Waals surface area contributed by atoms with Crippen LogP contribution < -0.4 is 15.1 Å². The Balaban J connectivity index is 1.22. The van der Waals surface area contributed by atoms with Gasteiger partial charge in [-0.2, -0.15) is 10.2 Å². The van der Waals surface area contributed by atoms with Crippen molar-refractivity contribution in [2.45, 2.75) is 19.4 Å². The minimum Gasteiger partial charge on any atom is -0.328 e. The molecule has 0 bridgehead atoms. The van der Waals surface area contributed by atoms with Crippen LogP contribution in [0.4, 0.5) is 16.2 Å². The second-order valence-electron chi connectivity index (χ2n) is 9.66. The minimum atomic E-state index is -0.542. The molecule has 1 atom stereocenters. The van der Waals surface area contributed by atoms with Crippen LogP contribution in [0, 0.1) is 5.82 Å². The van der Waals surface area contributed by atoms with E-state index in [1.165, 1.54) is 12.1 Å². The fourth-order valence-electron chi connectivity index (χ4n) is 4.97. The fraction of sp³-hybridized carbons (Fsp3) is 0.250. The van der Waals surface area contributed by atoms with Gasteiger partial charge < -0.3 is 15.1 Å². The maximum atomic E-state index is 13.5. The topological polar surface area (TPSA) is 92.3 Å². The molecule has 0 saturated carbocycles. The van der Waals surface area contributed by atoms with E-state index in [1.54, 1.807) is 23.1 Å². The third-order valence-electron chi connectivity index (χ3n) is 7.13. The predicted octanol–water partition coefficient (Wildman–Crippen LogP) is 3.73. The van der Waals surface area contributed by atoms with E-state index in [2.05, 4.69) is 48.4 Å². The molecule has 0 aliphatic carbocycles. The highest BCUT2D eigenvalue weighted by Gasteiger charge is 2.29. The maximum absolute atomic E-state index is 13.5. The Kier molecular flexibility index (Phi) is 6.27. The van der Waals surface area contributed by atoms with E-state index < -0.39 is 5.54 Å². The molecule has 1 N–H and O–H groups in total. The largest absolute Gasteiger partial charge is 0.328 e. The Hall–Kier alpha value is -4.64. The van der Waals surface area contributed by atoms with Crippen LogP contribution >= 0.6 is 0 Å². The van der Waals surface area contributed by atoms with Crippen molar-refractivity contribution >= 4 is 17.3 Å². The van der Waals surface area contributed by atoms with Crippen molar-refractivity contribution in [3.8, 4) is 11.1 Å². The molecule has 11 heteroatoms. The molecule has 0 fully saturated rings. The lowest BCUT2D eigenvalue weighted by Gasteiger charge is -2.32. The summed E-state index contributed by atoms with van der Waals surface area (Å²) in [7, 11) is 1.90. The van der Waals surface area contributed by atoms with Gasteiger partial charge in [0.25, 0.3) is 0 Å². The Bertz CT molecular complexity index is 1620. The molecule has 0 unspecified atom stereocenters. The van der Waals surface area contributed by atoms with E-state index in [-0.39, 0.29) is 5.82 Å². The van der Waals surface area contributed by atoms with E-state index in [0.29, 0.717) is 19.0 Å². The molecule has 1 aromatic carbocycles. The summed E-state index contributed by atoms with van der Waals surface area (Å²) in [6.45, 7) is 6.23. The third kappa shape index (κ3) is 4.61. The van der Waals surface area contributed by atoms with E-state index in [9.17, 15) is 4.39 Å². The zero-order chi connectivity index (χ0) is 27.0. The normalized spacial score (nSPS) is 15.2. The van der Waals surface area contributed by atoms with Crippen LogP contribution in [-0.4, -0.2) is 54.0 Å². The molecule has 5 heterocycles. The molecule has 1 aliphatic rings. The lowest BCUT2D eigenvalue weighted by molar-refractivity contribution is 0.448. The molecule has 0 radical (unpaired) electrons. The molecule has 0 saturated heterocycles. The number of halogens is 1. The zero-order valence-electron chi connectivity index (χ0n) is 22.0. The second kappa shape index (κ2) is 9.91. The summed E-state index contributed by atoms with van der Waals surface area (Å²) >= 11 is 0. The summed E-state index contributed by atoms with van der Waals surface area (Å²) in [6.07, 6.45) is 15.0. The van der Waals surface area contributed by atoms with Crippen molar-refractivity contribution in [1.82, 2.24) is 39.7 Å². The second-order valence-corrected chi connectivity index (χ2v) is 9.66. The first kappa shape index (κ1) is 24.7. The van der Waals surface area contributed by atoms with E-state index in [1.807, 2.05) is 66.8 Å². The lowest BCUT2D eigenvalue weighted by Crippen LogP contribution is -2.41. The van der Waals surface area contributed by atoms with Crippen molar-refractivity contribution in [2.75, 3.05) is 29.4 Å². The highest BCUT2D eigenvalue weighted by atomic mass is 19.1. The van der Waals surface area contributed by atoms with Crippen LogP contribution in [0.3, 0.4) is 0 Å². The Morgan fingerprint density at radius 3 is 2.31 bits per heavy atom. The lowest BCUT2D eigenvalue weighted by atomic mass is 9.86. The summed E-state index contributed by atoms with van der Waals surface area (Å²) < 4.78 is 17.2. The van der Waals surface area contributed by atoms with Gasteiger partial charge in [0.1, 0.15) is 17.7 Å². The molecular formula is C28H29FN10. The standard InChI is InChI=1S/C28H29FN10/c1-4-33-28(2,22-5-7-24(29)8-6-22)23-15-30-27(31-16-23)38-11-9-37(10-12-38)26-25-13-20(18-39(25)35-19-32-26)21-14-34-36(3)17-21/h5-9,11,13-19,33H,4,10,12H2,1-3H3/t28-/m0/s1. The quantitative estimate of drug-likeness (QED) is 0.344. The van der Waals surface area contributed by atoms with E-state index >= 15 is 0 Å². The maximum Gasteiger partial charge on any atom is 0.229 e. The van der Waals surface area contributed by atoms with Gasteiger partial charge in [0.05, 0.1) is 11.7 Å². The van der Waals surface area contributed by atoms with Crippen LogP contribution in [0.5, 0.6) is 0 Å². The van der Waals surface area contributed by atoms with Crippen molar-refractivity contribution in [2.24, 2.45) is 7.05 Å². The van der Waals surface area contributed by atoms with Crippen LogP contribution in [0.2, 0.25) is 0 Å². The highest BCUT2D eigenvalue weighted by Crippen LogP contribution is 2.30. The molecular weight excluding hydrogens is 495 g/mol. The van der Waals surface area contributed by atoms with Gasteiger partial charge in [0.15, 0.2) is 5.82 Å². The van der Waals surface area contributed by atoms with Gasteiger partial charge in [-0.15, -0.1) is 0 Å². The molecule has 6 rings (SSSR count). The number of benzene rings is 1. The van der Waals surface area contributed by atoms with Crippen LogP contribution in [0.15, 0.2) is 80.0 Å². The van der Waals surface area contributed by atoms with Crippen molar-refractivity contribution < 1.29 is 4.39 Å². The number of rotatable bonds is 7. The van der Waals surface area contributed by atoms with Crippen LogP contribution in [0.25, 0.3) is 16.6 Å². The molecule has 198 valence electrons. The van der Waals surface area contributed by atoms with Gasteiger partial charge >= 0.3 is 0 Å². The average molecular weight is 525 g/mol. The van der Waals surface area contributed by atoms with Crippen LogP contribution in [-0.2, 0) is 12.6 Å². The molecule has 10 nitrogen and oxygen atoms in total. The molecule has 4 aromatic heterocycles. The van der Waals surface area contributed by atoms with Crippen molar-refractivity contribution in [3.63, 3.8) is 0 Å². The first-order valence-corrected chi connectivity index (χ1v) is 12.8. The van der Waals surface area contributed by atoms with Crippen LogP contribution in [0.1, 0.15) is 25.0 Å². The highest BCUT2D eigenvalue weighted by molar-refractivity contribution is 5.78. The Morgan fingerprint density at radius 2 is 1.64 bits per heavy atom. The predicted molar refractivity (Wildman–Crippen MR) is 148 cm³/mol. The van der Waals surface area contributed by atoms with Gasteiger partial charge in [-0.05, 0) is 37.2 Å². The molecule has 39 heavy (non-hydrogen) atoms. The number of fused-ring (bicyclic) bond motifs is 1. The van der Waals surface area contributed by atoms with Gasteiger partial charge in [-0.25, -0.2) is 23.9 Å². The zero-order valence-corrected chi connectivity index (χ0v) is 22.0. The van der Waals surface area contributed by atoms with Gasteiger partial charge in [-0.1, -0.05) is 19.1 Å². The van der Waals surface area contributed by atoms with Gasteiger partial charge in [0.2, 0.25) is 5.95 Å². The third-order valence-corrected chi connectivity index (χ3v) is 7.13. The number of hydrogen-bond donors (Lipinski definition) is 1. The van der Waals surface area contributed by atoms with Crippen molar-refractivity contribution in [3.05, 3.63) is 97.0 Å². The number of nitrogens with one attached hydrogen (secondary N) is 1. The number of aromatic nitrogens is 7. The minimum absolute atomic E-state index is 0.260. The number of nitrogens with zero attached hydrogens (tertiary/aromatic N) is 9. The summed E-state index contributed by atoms with van der Waals surface area (Å²) in [5, 5.41) is 12.2. The SMILES string of the molecule is CCN[C@@](C)(c1ccc(F)cc1)c1cnc(N2C=CN(c3ncnn4cc(-c5cnn(C)c5)cc34)CC2)nc1. The molecule has 1 aliphatic heterocycles. The first-order chi connectivity index (χ1) is 18.9. The number of aryl methyl sites for hydroxylation is 1. The number of anilines is 2. The van der Waals surface area contributed by atoms with E-state index in [4.69, 9.17) is 0 Å². The molecule has 5 aromatic rings. The summed E-state index contributed by atoms with van der Waals surface area (Å²) in [5.74, 6) is 1.18. The first-order valence-electron chi connectivity index (χ1n) is 12.8. The monoisotopic (exact) mass is 524 g/mol. The number of hydrogen-bond acceptors (Lipinski definition) is 8.